The van der Waals surface area contributed by atoms with Gasteiger partial charge in [-0.2, -0.15) is 11.8 Å². The van der Waals surface area contributed by atoms with Crippen molar-refractivity contribution < 1.29 is 5.11 Å². The Hall–Kier alpha value is -2.83. The minimum Gasteiger partial charge on any atom is -0.393 e. The number of aromatic amines is 1. The van der Waals surface area contributed by atoms with Gasteiger partial charge in [0.2, 0.25) is 0 Å². The van der Waals surface area contributed by atoms with Crippen LogP contribution in [0.5, 0.6) is 0 Å². The first-order valence-electron chi connectivity index (χ1n) is 34.7. The number of aryl methyl sites for hydroxylation is 3. The number of para-hydroxylation sites is 1. The van der Waals surface area contributed by atoms with Gasteiger partial charge in [-0.05, 0) is 107 Å². The van der Waals surface area contributed by atoms with Crippen molar-refractivity contribution >= 4 is 34.7 Å². The minimum absolute atomic E-state index is 0. The molecule has 0 spiro atoms. The summed E-state index contributed by atoms with van der Waals surface area (Å²) in [6, 6.07) is 17.2. The fourth-order valence-corrected chi connectivity index (χ4v) is 6.94. The lowest BCUT2D eigenvalue weighted by Crippen LogP contribution is -2.05. The number of benzene rings is 2. The maximum atomic E-state index is 8.36. The number of hydrogen-bond acceptors (Lipinski definition) is 4. The number of aliphatic imine (C=N–C) groups is 2. The lowest BCUT2D eigenvalue weighted by Gasteiger charge is -1.98. The summed E-state index contributed by atoms with van der Waals surface area (Å²) in [5.74, 6) is 3.85. The van der Waals surface area contributed by atoms with Crippen molar-refractivity contribution in [2.24, 2.45) is 27.6 Å². The van der Waals surface area contributed by atoms with E-state index in [4.69, 9.17) is 10.8 Å². The predicted octanol–water partition coefficient (Wildman–Crippen LogP) is 30.2. The van der Waals surface area contributed by atoms with Gasteiger partial charge in [0.05, 0.1) is 11.9 Å². The summed E-state index contributed by atoms with van der Waals surface area (Å²) in [6.07, 6.45) is 45.6. The molecule has 4 rings (SSSR count). The van der Waals surface area contributed by atoms with E-state index in [2.05, 4.69) is 207 Å². The van der Waals surface area contributed by atoms with Crippen LogP contribution in [0, 0.1) is 18.8 Å². The molecular weight excluding hydrogens is 1090 g/mol. The van der Waals surface area contributed by atoms with E-state index in [1.165, 1.54) is 212 Å². The third-order valence-electron chi connectivity index (χ3n) is 12.7. The third kappa shape index (κ3) is 114. The number of unbranched alkanes of at least 4 members (excludes halogenated alkanes) is 12. The number of nitrogens with zero attached hydrogens (tertiary/aromatic N) is 2. The van der Waals surface area contributed by atoms with E-state index >= 15 is 0 Å². The number of fused-ring (bicyclic) bond motifs is 1. The molecule has 0 bridgehead atoms. The predicted molar refractivity (Wildman–Crippen MR) is 431 cm³/mol. The number of hydrogen-bond donors (Lipinski definition) is 3. The van der Waals surface area contributed by atoms with Crippen LogP contribution in [0.15, 0.2) is 76.5 Å². The Morgan fingerprint density at radius 2 is 1.01 bits per heavy atom. The SMILES string of the molecule is C.C.C.C.C.C.CC.CCC(C)CC.CCC(C)O.CCCC.CCCC.CCCC(C)C.CCCCC.CCCCCCCC1=CCC=N1.CCCCCCCN=C(C)N.CCCSC.CCCc1c[nH]c2ccccc12.CCCc1ccc(C)cc1. The lowest BCUT2D eigenvalue weighted by atomic mass is 10.1. The average Bonchev–Trinajstić information content (AvgIpc) is 4.17. The summed E-state index contributed by atoms with van der Waals surface area (Å²) in [7, 11) is 0. The maximum Gasteiger partial charge on any atom is 0.0905 e. The maximum absolute atomic E-state index is 8.36. The van der Waals surface area contributed by atoms with Crippen LogP contribution in [-0.2, 0) is 12.8 Å². The van der Waals surface area contributed by atoms with Crippen LogP contribution < -0.4 is 5.73 Å². The van der Waals surface area contributed by atoms with Crippen LogP contribution in [0.4, 0.5) is 0 Å². The number of aliphatic hydroxyl groups is 1. The van der Waals surface area contributed by atoms with Crippen LogP contribution in [0.25, 0.3) is 10.9 Å². The monoisotopic (exact) mass is 1270 g/mol. The molecule has 88 heavy (non-hydrogen) atoms. The summed E-state index contributed by atoms with van der Waals surface area (Å²) in [5.41, 5.74) is 12.2. The largest absolute Gasteiger partial charge is 0.393 e. The second-order valence-corrected chi connectivity index (χ2v) is 22.9. The van der Waals surface area contributed by atoms with Crippen LogP contribution >= 0.6 is 11.8 Å². The zero-order valence-electron chi connectivity index (χ0n) is 60.3. The minimum atomic E-state index is -0.116. The average molecular weight is 1270 g/mol. The molecule has 0 saturated heterocycles. The summed E-state index contributed by atoms with van der Waals surface area (Å²) < 4.78 is 0. The van der Waals surface area contributed by atoms with Crippen molar-refractivity contribution in [3.8, 4) is 0 Å². The lowest BCUT2D eigenvalue weighted by molar-refractivity contribution is 0.191. The van der Waals surface area contributed by atoms with E-state index in [0.717, 1.165) is 31.2 Å². The standard InChI is InChI=1S/C11H13N.C11H19N.C10H14.C9H20N2.2C6H14.C5H12.C4H10O.C4H10S.2C4H10.C2H6.6CH4/c1-2-5-9-8-12-11-7-4-3-6-10(9)11;1-2-3-4-5-6-8-11-9-7-10-12-11;1-3-4-10-7-5-9(2)6-8-10;1-3-4-5-6-7-8-11-9(2)10;1-4-5-6(2)3;1-4-6(3)5-2;1-3-5-4-2;1-3-4(2)5;1-3-4-5-2;2*1-3-4-2;1-2;;;;;;/h3-4,6-8,12H,2,5H2,1H3;9-10H,2-8H2,1H3;5-8H,3-4H2,1-2H3;3-8H2,1-2H3,(H2,10,11);2*6H,4-5H2,1-3H3;3-5H2,1-2H3;4-5H,3H2,1-2H3;3-4H2,1-2H3;2*3-4H2,1-2H3;1-2H3;6*1H4. The van der Waals surface area contributed by atoms with Crippen molar-refractivity contribution in [3.05, 3.63) is 83.2 Å². The summed E-state index contributed by atoms with van der Waals surface area (Å²) in [4.78, 5) is 11.7. The molecule has 6 heteroatoms. The fourth-order valence-electron chi connectivity index (χ4n) is 6.53. The van der Waals surface area contributed by atoms with Gasteiger partial charge in [0, 0.05) is 42.0 Å². The Labute approximate surface area is 567 Å². The van der Waals surface area contributed by atoms with Crippen molar-refractivity contribution in [1.29, 1.82) is 0 Å². The van der Waals surface area contributed by atoms with Crippen molar-refractivity contribution in [3.63, 3.8) is 0 Å². The van der Waals surface area contributed by atoms with E-state index in [9.17, 15) is 0 Å². The van der Waals surface area contributed by atoms with Gasteiger partial charge < -0.3 is 15.8 Å². The van der Waals surface area contributed by atoms with E-state index in [-0.39, 0.29) is 50.7 Å². The van der Waals surface area contributed by atoms with Gasteiger partial charge >= 0.3 is 0 Å². The van der Waals surface area contributed by atoms with Crippen molar-refractivity contribution in [1.82, 2.24) is 4.98 Å². The molecule has 4 N–H and O–H groups in total. The molecule has 0 saturated carbocycles. The number of H-pyrrole nitrogens is 1. The summed E-state index contributed by atoms with van der Waals surface area (Å²) in [6.45, 7) is 50.3. The van der Waals surface area contributed by atoms with E-state index in [0.29, 0.717) is 5.84 Å². The van der Waals surface area contributed by atoms with Gasteiger partial charge in [-0.3, -0.25) is 9.98 Å². The highest BCUT2D eigenvalue weighted by molar-refractivity contribution is 7.98. The number of amidine groups is 1. The second-order valence-electron chi connectivity index (χ2n) is 21.9. The number of rotatable bonds is 27. The van der Waals surface area contributed by atoms with Crippen molar-refractivity contribution in [2.75, 3.05) is 18.6 Å². The van der Waals surface area contributed by atoms with E-state index < -0.39 is 0 Å². The molecule has 2 heterocycles. The molecule has 5 nitrogen and oxygen atoms in total. The molecule has 0 fully saturated rings. The number of allylic oxidation sites excluding steroid dienone is 2. The molecule has 1 aromatic heterocycles. The number of thioether (sulfide) groups is 1. The highest BCUT2D eigenvalue weighted by Crippen LogP contribution is 2.19. The zero-order chi connectivity index (χ0) is 64.3. The Balaban J connectivity index is -0.0000000578. The smallest absolute Gasteiger partial charge is 0.0905 e. The molecular formula is C82H176N4OS. The zero-order valence-corrected chi connectivity index (χ0v) is 61.1. The molecule has 0 amide bonds. The van der Waals surface area contributed by atoms with Gasteiger partial charge in [0.1, 0.15) is 0 Å². The summed E-state index contributed by atoms with van der Waals surface area (Å²) in [5, 5.41) is 9.74. The molecule has 536 valence electrons. The molecule has 1 unspecified atom stereocenters. The Morgan fingerprint density at radius 1 is 0.557 bits per heavy atom. The molecule has 0 radical (unpaired) electrons. The Bertz CT molecular complexity index is 1580. The molecule has 3 aromatic rings. The van der Waals surface area contributed by atoms with Crippen LogP contribution in [0.3, 0.4) is 0 Å². The molecule has 1 aliphatic rings. The molecule has 1 atom stereocenters. The number of aromatic nitrogens is 1. The Morgan fingerprint density at radius 3 is 1.32 bits per heavy atom. The van der Waals surface area contributed by atoms with E-state index in [1.807, 2.05) is 45.7 Å². The van der Waals surface area contributed by atoms with Crippen LogP contribution in [0.2, 0.25) is 0 Å². The fraction of sp³-hybridized carbons (Fsp3) is 0.780. The van der Waals surface area contributed by atoms with Crippen LogP contribution in [0.1, 0.15) is 387 Å². The Kier molecular flexibility index (Phi) is 147. The van der Waals surface area contributed by atoms with E-state index in [1.54, 1.807) is 6.92 Å². The first-order valence-corrected chi connectivity index (χ1v) is 36.1. The number of nitrogens with two attached hydrogens (primary N) is 1. The first kappa shape index (κ1) is 119. The van der Waals surface area contributed by atoms with Gasteiger partial charge in [-0.15, -0.1) is 0 Å². The molecule has 0 aliphatic carbocycles. The third-order valence-corrected chi connectivity index (χ3v) is 13.5. The van der Waals surface area contributed by atoms with Gasteiger partial charge in [-0.25, -0.2) is 0 Å². The summed E-state index contributed by atoms with van der Waals surface area (Å²) >= 11 is 1.90. The quantitative estimate of drug-likeness (QED) is 0.0404. The van der Waals surface area contributed by atoms with Crippen molar-refractivity contribution in [2.45, 2.75) is 396 Å². The topological polar surface area (TPSA) is 86.8 Å². The van der Waals surface area contributed by atoms with Gasteiger partial charge in [0.15, 0.2) is 0 Å². The number of nitrogens with one attached hydrogen (secondary N) is 1. The highest BCUT2D eigenvalue weighted by Gasteiger charge is 2.00. The number of aliphatic hydroxyl groups excluding tert-OH is 1. The molecule has 2 aromatic carbocycles. The first-order chi connectivity index (χ1) is 39.4. The van der Waals surface area contributed by atoms with Crippen LogP contribution in [-0.4, -0.2) is 46.8 Å². The molecule has 1 aliphatic heterocycles. The van der Waals surface area contributed by atoms with Gasteiger partial charge in [-0.1, -0.05) is 372 Å². The highest BCUT2D eigenvalue weighted by atomic mass is 32.2. The second kappa shape index (κ2) is 109. The normalized spacial score (nSPS) is 10.1. The van der Waals surface area contributed by atoms with Gasteiger partial charge in [0.25, 0.3) is 0 Å².